The van der Waals surface area contributed by atoms with Gasteiger partial charge in [0.05, 0.1) is 12.6 Å². The highest BCUT2D eigenvalue weighted by atomic mass is 32.2. The zero-order valence-electron chi connectivity index (χ0n) is 17.5. The van der Waals surface area contributed by atoms with Crippen molar-refractivity contribution in [2.45, 2.75) is 30.6 Å². The van der Waals surface area contributed by atoms with E-state index in [2.05, 4.69) is 58.5 Å². The van der Waals surface area contributed by atoms with Crippen LogP contribution in [0.5, 0.6) is 5.75 Å². The highest BCUT2D eigenvalue weighted by Crippen LogP contribution is 2.35. The first kappa shape index (κ1) is 21.5. The summed E-state index contributed by atoms with van der Waals surface area (Å²) in [6.45, 7) is 5.03. The van der Waals surface area contributed by atoms with Crippen molar-refractivity contribution in [3.8, 4) is 5.75 Å². The summed E-state index contributed by atoms with van der Waals surface area (Å²) in [6, 6.07) is 20.1. The summed E-state index contributed by atoms with van der Waals surface area (Å²) in [6.07, 6.45) is 1.00. The van der Waals surface area contributed by atoms with E-state index in [9.17, 15) is 9.90 Å². The first-order valence-electron chi connectivity index (χ1n) is 10.6. The van der Waals surface area contributed by atoms with Gasteiger partial charge in [0.2, 0.25) is 0 Å². The largest absolute Gasteiger partial charge is 0.593 e. The predicted molar refractivity (Wildman–Crippen MR) is 124 cm³/mol. The van der Waals surface area contributed by atoms with Crippen molar-refractivity contribution in [2.24, 2.45) is 10.9 Å². The minimum atomic E-state index is -0.790. The highest BCUT2D eigenvalue weighted by Gasteiger charge is 2.35. The van der Waals surface area contributed by atoms with Crippen molar-refractivity contribution in [3.05, 3.63) is 65.7 Å². The molecule has 4 N–H and O–H groups in total. The first-order valence-corrected chi connectivity index (χ1v) is 11.5. The molecular weight excluding hydrogens is 410 g/mol. The number of amidine groups is 1. The smallest absolute Gasteiger partial charge is 0.319 e. The van der Waals surface area contributed by atoms with Gasteiger partial charge in [0.15, 0.2) is 5.17 Å². The second kappa shape index (κ2) is 9.63. The number of carboxylic acid groups (broad SMARTS) is 1. The highest BCUT2D eigenvalue weighted by molar-refractivity contribution is 8.15. The molecule has 162 valence electrons. The van der Waals surface area contributed by atoms with Gasteiger partial charge in [0, 0.05) is 36.7 Å². The third-order valence-corrected chi connectivity index (χ3v) is 7.31. The number of aliphatic carboxylic acids is 1. The lowest BCUT2D eigenvalue weighted by Gasteiger charge is -2.40. The van der Waals surface area contributed by atoms with E-state index in [1.807, 2.05) is 12.1 Å². The lowest BCUT2D eigenvalue weighted by atomic mass is 9.80. The molecule has 0 radical (unpaired) electrons. The number of thioether (sulfide) groups is 1. The molecule has 2 aromatic carbocycles. The van der Waals surface area contributed by atoms with E-state index < -0.39 is 11.2 Å². The molecule has 2 aromatic rings. The van der Waals surface area contributed by atoms with Crippen LogP contribution in [0.25, 0.3) is 0 Å². The molecule has 2 aliphatic heterocycles. The van der Waals surface area contributed by atoms with Crippen molar-refractivity contribution in [2.75, 3.05) is 26.2 Å². The fraction of sp³-hybridized carbons (Fsp3) is 0.417. The molecule has 4 atom stereocenters. The van der Waals surface area contributed by atoms with Gasteiger partial charge in [-0.25, -0.2) is 0 Å². The Morgan fingerprint density at radius 3 is 2.94 bits per heavy atom. The summed E-state index contributed by atoms with van der Waals surface area (Å²) in [5, 5.41) is 21.1. The van der Waals surface area contributed by atoms with E-state index in [-0.39, 0.29) is 6.04 Å². The molecule has 0 aliphatic carbocycles. The van der Waals surface area contributed by atoms with E-state index in [1.165, 1.54) is 17.3 Å². The molecule has 1 saturated heterocycles. The Morgan fingerprint density at radius 1 is 1.42 bits per heavy atom. The van der Waals surface area contributed by atoms with Gasteiger partial charge in [-0.15, -0.1) is 0 Å². The minimum absolute atomic E-state index is 0.0992. The molecule has 0 bridgehead atoms. The van der Waals surface area contributed by atoms with Gasteiger partial charge in [0.25, 0.3) is 5.75 Å². The zero-order valence-corrected chi connectivity index (χ0v) is 18.4. The summed E-state index contributed by atoms with van der Waals surface area (Å²) in [4.78, 5) is 18.1. The van der Waals surface area contributed by atoms with Crippen LogP contribution in [-0.4, -0.2) is 57.7 Å². The molecule has 4 rings (SSSR count). The van der Waals surface area contributed by atoms with Gasteiger partial charge in [-0.3, -0.25) is 9.79 Å². The van der Waals surface area contributed by atoms with Crippen molar-refractivity contribution in [1.82, 2.24) is 10.2 Å². The van der Waals surface area contributed by atoms with Crippen LogP contribution in [0, 0.1) is 18.1 Å². The predicted octanol–water partition coefficient (Wildman–Crippen LogP) is 3.04. The first-order chi connectivity index (χ1) is 15.0. The quantitative estimate of drug-likeness (QED) is 0.677. The number of nitrogens with one attached hydrogen (secondary N) is 1. The number of aliphatic imine (C=N–C) groups is 1. The molecule has 0 aromatic heterocycles. The lowest BCUT2D eigenvalue weighted by molar-refractivity contribution is -0.136. The fourth-order valence-corrected chi connectivity index (χ4v) is 5.24. The zero-order chi connectivity index (χ0) is 21.8. The van der Waals surface area contributed by atoms with Crippen LogP contribution >= 0.6 is 11.8 Å². The van der Waals surface area contributed by atoms with Crippen LogP contribution in [0.4, 0.5) is 0 Å². The monoisotopic (exact) mass is 438 g/mol. The Balaban J connectivity index is 1.44. The van der Waals surface area contributed by atoms with Gasteiger partial charge >= 0.3 is 5.97 Å². The maximum atomic E-state index is 11.3. The van der Waals surface area contributed by atoms with Crippen LogP contribution in [0.3, 0.4) is 0 Å². The van der Waals surface area contributed by atoms with E-state index >= 15 is 0 Å². The minimum Gasteiger partial charge on any atom is -0.593 e. The Bertz CT molecular complexity index is 937. The second-order valence-corrected chi connectivity index (χ2v) is 9.35. The van der Waals surface area contributed by atoms with Gasteiger partial charge in [0.1, 0.15) is 5.25 Å². The molecule has 0 amide bonds. The molecule has 0 saturated carbocycles. The van der Waals surface area contributed by atoms with Gasteiger partial charge in [-0.2, -0.15) is 0 Å². The molecular formula is C24H28N3O3S+. The third-order valence-electron chi connectivity index (χ3n) is 6.08. The molecule has 1 fully saturated rings. The van der Waals surface area contributed by atoms with E-state index in [0.717, 1.165) is 36.8 Å². The molecule has 2 aliphatic rings. The maximum absolute atomic E-state index is 11.3. The van der Waals surface area contributed by atoms with Gasteiger partial charge in [-0.1, -0.05) is 54.2 Å². The molecule has 6 nitrogen and oxygen atoms in total. The molecule has 31 heavy (non-hydrogen) atoms. The van der Waals surface area contributed by atoms with E-state index in [1.54, 1.807) is 6.07 Å². The Morgan fingerprint density at radius 2 is 2.23 bits per heavy atom. The summed E-state index contributed by atoms with van der Waals surface area (Å²) >= 11 is 1.38. The molecule has 3 unspecified atom stereocenters. The topological polar surface area (TPSA) is 87.8 Å². The van der Waals surface area contributed by atoms with Crippen molar-refractivity contribution < 1.29 is 15.0 Å². The average Bonchev–Trinajstić information content (AvgIpc) is 3.29. The molecule has 0 spiro atoms. The normalized spacial score (nSPS) is 24.4. The number of piperidine rings is 1. The number of likely N-dealkylation sites (tertiary alicyclic amines) is 1. The lowest BCUT2D eigenvalue weighted by Crippen LogP contribution is -2.44. The number of hydrogen-bond donors (Lipinski definition) is 2. The number of hydrogen-bond acceptors (Lipinski definition) is 5. The summed E-state index contributed by atoms with van der Waals surface area (Å²) < 4.78 is 0. The van der Waals surface area contributed by atoms with Crippen LogP contribution in [0.15, 0.2) is 47.5 Å². The van der Waals surface area contributed by atoms with Crippen molar-refractivity contribution >= 4 is 22.9 Å². The van der Waals surface area contributed by atoms with E-state index in [4.69, 9.17) is 5.11 Å². The van der Waals surface area contributed by atoms with Crippen molar-refractivity contribution in [1.29, 1.82) is 0 Å². The Kier molecular flexibility index (Phi) is 6.69. The SMILES string of the molecule is C[C@@H](NCC1CCN(C2=NCC(C(=O)O)S2)CC1c1ccccc1)c1c#ccc([OH2+])c1. The molecule has 7 heteroatoms. The number of rotatable bonds is 6. The van der Waals surface area contributed by atoms with Crippen LogP contribution < -0.4 is 5.32 Å². The summed E-state index contributed by atoms with van der Waals surface area (Å²) in [5.41, 5.74) is 2.26. The molecule has 2 heterocycles. The fourth-order valence-electron chi connectivity index (χ4n) is 4.28. The number of carboxylic acids is 1. The van der Waals surface area contributed by atoms with Gasteiger partial charge in [-0.05, 0) is 31.4 Å². The number of benzene rings is 1. The number of carbonyl (C=O) groups is 1. The van der Waals surface area contributed by atoms with Crippen LogP contribution in [0.1, 0.15) is 36.4 Å². The Labute approximate surface area is 187 Å². The van der Waals surface area contributed by atoms with Crippen molar-refractivity contribution in [3.63, 3.8) is 0 Å². The summed E-state index contributed by atoms with van der Waals surface area (Å²) in [5.74, 6) is 0.445. The maximum Gasteiger partial charge on any atom is 0.319 e. The Hall–Kier alpha value is -2.69. The second-order valence-electron chi connectivity index (χ2n) is 8.18. The third kappa shape index (κ3) is 5.15. The standard InChI is InChI=1S/C24H27N3O3S/c1-16(18-8-5-9-20(28)12-18)25-13-19-10-11-27(24-26-14-22(31-24)23(29)30)15-21(19)17-6-3-2-4-7-17/h2-4,6-7,9,12,16,19,21-22,25,28H,10-11,13-15H2,1H3,(H,29,30)/p+1/t16-,19?,21?,22?/m1/s1. The van der Waals surface area contributed by atoms with Gasteiger partial charge < -0.3 is 20.4 Å². The van der Waals surface area contributed by atoms with Crippen LogP contribution in [0.2, 0.25) is 0 Å². The average molecular weight is 439 g/mol. The van der Waals surface area contributed by atoms with E-state index in [0.29, 0.717) is 24.1 Å². The summed E-state index contributed by atoms with van der Waals surface area (Å²) in [7, 11) is 0. The number of nitrogens with zero attached hydrogens (tertiary/aromatic N) is 2. The van der Waals surface area contributed by atoms with Crippen LogP contribution in [-0.2, 0) is 4.79 Å².